The first kappa shape index (κ1) is 9.65. The van der Waals surface area contributed by atoms with Crippen LogP contribution in [0.1, 0.15) is 17.3 Å². The van der Waals surface area contributed by atoms with Crippen molar-refractivity contribution in [2.24, 2.45) is 0 Å². The van der Waals surface area contributed by atoms with Gasteiger partial charge >= 0.3 is 0 Å². The molecule has 2 rings (SSSR count). The van der Waals surface area contributed by atoms with Gasteiger partial charge in [0.25, 0.3) is 0 Å². The fourth-order valence-electron chi connectivity index (χ4n) is 1.58. The number of halogens is 1. The summed E-state index contributed by atoms with van der Waals surface area (Å²) in [6.07, 6.45) is 0. The van der Waals surface area contributed by atoms with Gasteiger partial charge in [0, 0.05) is 10.8 Å². The molecule has 0 amide bonds. The van der Waals surface area contributed by atoms with Crippen LogP contribution in [-0.2, 0) is 0 Å². The summed E-state index contributed by atoms with van der Waals surface area (Å²) in [5.74, 6) is -0.995. The summed E-state index contributed by atoms with van der Waals surface area (Å²) >= 11 is 0. The minimum Gasteiger partial charge on any atom is -0.507 e. The molecular weight excluding hydrogens is 195 g/mol. The number of benzene rings is 2. The highest BCUT2D eigenvalue weighted by Crippen LogP contribution is 2.30. The first-order chi connectivity index (χ1) is 7.11. The summed E-state index contributed by atoms with van der Waals surface area (Å²) in [6.45, 7) is 1.29. The first-order valence-corrected chi connectivity index (χ1v) is 4.52. The van der Waals surface area contributed by atoms with Gasteiger partial charge in [0.15, 0.2) is 5.78 Å². The van der Waals surface area contributed by atoms with Crippen LogP contribution in [0.3, 0.4) is 0 Å². The van der Waals surface area contributed by atoms with Crippen LogP contribution < -0.4 is 0 Å². The van der Waals surface area contributed by atoms with Crippen molar-refractivity contribution in [3.8, 4) is 5.75 Å². The lowest BCUT2D eigenvalue weighted by Gasteiger charge is -2.06. The predicted molar refractivity (Wildman–Crippen MR) is 55.6 cm³/mol. The van der Waals surface area contributed by atoms with Crippen LogP contribution in [0.15, 0.2) is 30.3 Å². The molecule has 0 aliphatic heterocycles. The average Bonchev–Trinajstić information content (AvgIpc) is 2.23. The SMILES string of the molecule is CC(=O)c1cc(F)c2ccccc2c1O. The highest BCUT2D eigenvalue weighted by molar-refractivity contribution is 6.03. The van der Waals surface area contributed by atoms with Crippen LogP contribution in [0, 0.1) is 5.82 Å². The summed E-state index contributed by atoms with van der Waals surface area (Å²) < 4.78 is 13.5. The Balaban J connectivity index is 2.90. The van der Waals surface area contributed by atoms with Gasteiger partial charge in [-0.2, -0.15) is 0 Å². The van der Waals surface area contributed by atoms with E-state index in [1.54, 1.807) is 24.3 Å². The van der Waals surface area contributed by atoms with E-state index in [1.807, 2.05) is 0 Å². The molecule has 2 aromatic rings. The summed E-state index contributed by atoms with van der Waals surface area (Å²) in [4.78, 5) is 11.1. The third-order valence-corrected chi connectivity index (χ3v) is 2.34. The van der Waals surface area contributed by atoms with E-state index in [0.29, 0.717) is 10.8 Å². The minimum atomic E-state index is -0.492. The molecule has 0 saturated heterocycles. The molecule has 0 aromatic heterocycles. The van der Waals surface area contributed by atoms with E-state index < -0.39 is 5.82 Å². The molecule has 0 fully saturated rings. The third kappa shape index (κ3) is 1.46. The number of fused-ring (bicyclic) bond motifs is 1. The van der Waals surface area contributed by atoms with E-state index in [4.69, 9.17) is 0 Å². The van der Waals surface area contributed by atoms with Crippen molar-refractivity contribution in [2.75, 3.05) is 0 Å². The molecule has 2 aromatic carbocycles. The molecule has 0 aliphatic rings. The van der Waals surface area contributed by atoms with Gasteiger partial charge in [0.1, 0.15) is 11.6 Å². The molecule has 0 saturated carbocycles. The number of rotatable bonds is 1. The van der Waals surface area contributed by atoms with E-state index in [9.17, 15) is 14.3 Å². The number of aromatic hydroxyl groups is 1. The fraction of sp³-hybridized carbons (Fsp3) is 0.0833. The van der Waals surface area contributed by atoms with Crippen molar-refractivity contribution in [2.45, 2.75) is 6.92 Å². The Hall–Kier alpha value is -1.90. The van der Waals surface area contributed by atoms with Crippen LogP contribution in [0.5, 0.6) is 5.75 Å². The minimum absolute atomic E-state index is 0.0196. The Morgan fingerprint density at radius 2 is 1.87 bits per heavy atom. The van der Waals surface area contributed by atoms with Crippen LogP contribution in [-0.4, -0.2) is 10.9 Å². The van der Waals surface area contributed by atoms with Crippen molar-refractivity contribution in [1.82, 2.24) is 0 Å². The molecule has 0 heterocycles. The zero-order valence-electron chi connectivity index (χ0n) is 8.12. The number of hydrogen-bond donors (Lipinski definition) is 1. The van der Waals surface area contributed by atoms with Crippen molar-refractivity contribution < 1.29 is 14.3 Å². The second-order valence-corrected chi connectivity index (χ2v) is 3.36. The smallest absolute Gasteiger partial charge is 0.163 e. The molecular formula is C12H9FO2. The fourth-order valence-corrected chi connectivity index (χ4v) is 1.58. The van der Waals surface area contributed by atoms with Crippen LogP contribution >= 0.6 is 0 Å². The van der Waals surface area contributed by atoms with Gasteiger partial charge < -0.3 is 5.11 Å². The molecule has 0 spiro atoms. The van der Waals surface area contributed by atoms with E-state index in [0.717, 1.165) is 6.07 Å². The van der Waals surface area contributed by atoms with Gasteiger partial charge in [-0.05, 0) is 13.0 Å². The number of phenols is 1. The molecule has 15 heavy (non-hydrogen) atoms. The van der Waals surface area contributed by atoms with E-state index in [2.05, 4.69) is 0 Å². The normalized spacial score (nSPS) is 10.5. The van der Waals surface area contributed by atoms with Crippen LogP contribution in [0.4, 0.5) is 4.39 Å². The lowest BCUT2D eigenvalue weighted by Crippen LogP contribution is -1.95. The molecule has 3 heteroatoms. The van der Waals surface area contributed by atoms with Gasteiger partial charge in [-0.15, -0.1) is 0 Å². The summed E-state index contributed by atoms with van der Waals surface area (Å²) in [5.41, 5.74) is 0.0196. The maximum atomic E-state index is 13.5. The largest absolute Gasteiger partial charge is 0.507 e. The molecule has 0 atom stereocenters. The maximum absolute atomic E-state index is 13.5. The van der Waals surface area contributed by atoms with E-state index >= 15 is 0 Å². The van der Waals surface area contributed by atoms with E-state index in [1.165, 1.54) is 6.92 Å². The number of phenolic OH excluding ortho intramolecular Hbond substituents is 1. The van der Waals surface area contributed by atoms with Gasteiger partial charge in [-0.25, -0.2) is 4.39 Å². The second kappa shape index (κ2) is 3.35. The first-order valence-electron chi connectivity index (χ1n) is 4.52. The predicted octanol–water partition coefficient (Wildman–Crippen LogP) is 2.89. The second-order valence-electron chi connectivity index (χ2n) is 3.36. The van der Waals surface area contributed by atoms with Crippen molar-refractivity contribution in [3.05, 3.63) is 41.7 Å². The van der Waals surface area contributed by atoms with Crippen molar-refractivity contribution in [1.29, 1.82) is 0 Å². The number of ketones is 1. The van der Waals surface area contributed by atoms with E-state index in [-0.39, 0.29) is 17.1 Å². The molecule has 0 bridgehead atoms. The lowest BCUT2D eigenvalue weighted by atomic mass is 10.0. The number of hydrogen-bond acceptors (Lipinski definition) is 2. The maximum Gasteiger partial charge on any atom is 0.163 e. The third-order valence-electron chi connectivity index (χ3n) is 2.34. The Bertz CT molecular complexity index is 547. The lowest BCUT2D eigenvalue weighted by molar-refractivity contribution is 0.101. The van der Waals surface area contributed by atoms with Gasteiger partial charge in [0.2, 0.25) is 0 Å². The average molecular weight is 204 g/mol. The van der Waals surface area contributed by atoms with Crippen molar-refractivity contribution in [3.63, 3.8) is 0 Å². The number of Topliss-reactive ketones (excluding diaryl/α,β-unsaturated/α-hetero) is 1. The summed E-state index contributed by atoms with van der Waals surface area (Å²) in [5, 5.41) is 10.4. The standard InChI is InChI=1S/C12H9FO2/c1-7(14)10-6-11(13)8-4-2-3-5-9(8)12(10)15/h2-6,15H,1H3. The number of carbonyl (C=O) groups excluding carboxylic acids is 1. The monoisotopic (exact) mass is 204 g/mol. The molecule has 76 valence electrons. The summed E-state index contributed by atoms with van der Waals surface area (Å²) in [7, 11) is 0. The highest BCUT2D eigenvalue weighted by Gasteiger charge is 2.13. The zero-order chi connectivity index (χ0) is 11.0. The summed E-state index contributed by atoms with van der Waals surface area (Å²) in [6, 6.07) is 7.58. The topological polar surface area (TPSA) is 37.3 Å². The molecule has 0 unspecified atom stereocenters. The zero-order valence-corrected chi connectivity index (χ0v) is 8.12. The Kier molecular flexibility index (Phi) is 2.15. The van der Waals surface area contributed by atoms with Gasteiger partial charge in [-0.1, -0.05) is 24.3 Å². The Morgan fingerprint density at radius 3 is 2.47 bits per heavy atom. The Morgan fingerprint density at radius 1 is 1.27 bits per heavy atom. The van der Waals surface area contributed by atoms with Crippen molar-refractivity contribution >= 4 is 16.6 Å². The highest BCUT2D eigenvalue weighted by atomic mass is 19.1. The van der Waals surface area contributed by atoms with Crippen LogP contribution in [0.2, 0.25) is 0 Å². The number of carbonyl (C=O) groups is 1. The van der Waals surface area contributed by atoms with Crippen LogP contribution in [0.25, 0.3) is 10.8 Å². The van der Waals surface area contributed by atoms with Gasteiger partial charge in [-0.3, -0.25) is 4.79 Å². The molecule has 2 nitrogen and oxygen atoms in total. The van der Waals surface area contributed by atoms with Gasteiger partial charge in [0.05, 0.1) is 5.56 Å². The molecule has 1 N–H and O–H groups in total. The molecule has 0 aliphatic carbocycles. The molecule has 0 radical (unpaired) electrons. The quantitative estimate of drug-likeness (QED) is 0.725. The Labute approximate surface area is 86.0 Å².